The minimum atomic E-state index is -0.476. The summed E-state index contributed by atoms with van der Waals surface area (Å²) in [5.74, 6) is -0.719. The van der Waals surface area contributed by atoms with Crippen LogP contribution in [0.3, 0.4) is 0 Å². The van der Waals surface area contributed by atoms with Gasteiger partial charge in [0.2, 0.25) is 0 Å². The smallest absolute Gasteiger partial charge is 0.258 e. The fourth-order valence-corrected chi connectivity index (χ4v) is 1.45. The van der Waals surface area contributed by atoms with Gasteiger partial charge >= 0.3 is 0 Å². The van der Waals surface area contributed by atoms with Gasteiger partial charge in [-0.15, -0.1) is 6.58 Å². The number of hydrogen-bond acceptors (Lipinski definition) is 3. The van der Waals surface area contributed by atoms with Crippen LogP contribution in [0.4, 0.5) is 4.39 Å². The molecule has 0 spiro atoms. The summed E-state index contributed by atoms with van der Waals surface area (Å²) in [6.45, 7) is 5.55. The highest BCUT2D eigenvalue weighted by atomic mass is 19.1. The van der Waals surface area contributed by atoms with Crippen LogP contribution in [0.15, 0.2) is 30.9 Å². The maximum Gasteiger partial charge on any atom is 0.258 e. The van der Waals surface area contributed by atoms with E-state index in [2.05, 4.69) is 17.2 Å². The molecule has 1 amide bonds. The molecule has 1 aromatic carbocycles. The zero-order valence-electron chi connectivity index (χ0n) is 11.2. The topological polar surface area (TPSA) is 50.4 Å². The molecule has 0 aliphatic carbocycles. The van der Waals surface area contributed by atoms with Crippen LogP contribution in [0.25, 0.3) is 0 Å². The Bertz CT molecular complexity index is 449. The van der Waals surface area contributed by atoms with Gasteiger partial charge in [0.15, 0.2) is 18.2 Å². The summed E-state index contributed by atoms with van der Waals surface area (Å²) in [6, 6.07) is 4.75. The molecule has 0 radical (unpaired) electrons. The Morgan fingerprint density at radius 2 is 2.32 bits per heavy atom. The maximum absolute atomic E-state index is 13.7. The zero-order valence-corrected chi connectivity index (χ0v) is 11.2. The van der Waals surface area contributed by atoms with E-state index in [-0.39, 0.29) is 24.3 Å². The Balaban J connectivity index is 2.60. The molecule has 0 fully saturated rings. The van der Waals surface area contributed by atoms with E-state index >= 15 is 0 Å². The van der Waals surface area contributed by atoms with Crippen molar-refractivity contribution in [3.63, 3.8) is 0 Å². The van der Waals surface area contributed by atoms with E-state index in [1.807, 2.05) is 6.92 Å². The van der Waals surface area contributed by atoms with Crippen LogP contribution in [0.2, 0.25) is 0 Å². The third-order valence-electron chi connectivity index (χ3n) is 2.69. The molecule has 4 nitrogen and oxygen atoms in total. The normalized spacial score (nSPS) is 11.7. The number of amides is 1. The summed E-state index contributed by atoms with van der Waals surface area (Å²) in [4.78, 5) is 11.3. The number of nitrogens with one attached hydrogen (secondary N) is 2. The predicted molar refractivity (Wildman–Crippen MR) is 72.6 cm³/mol. The number of rotatable bonds is 7. The van der Waals surface area contributed by atoms with Crippen molar-refractivity contribution in [2.45, 2.75) is 13.0 Å². The summed E-state index contributed by atoms with van der Waals surface area (Å²) in [6.07, 6.45) is 1.56. The Kier molecular flexibility index (Phi) is 6.02. The first kappa shape index (κ1) is 15.2. The molecule has 104 valence electrons. The number of benzene rings is 1. The lowest BCUT2D eigenvalue weighted by atomic mass is 10.1. The summed E-state index contributed by atoms with van der Waals surface area (Å²) >= 11 is 0. The molecule has 0 bridgehead atoms. The van der Waals surface area contributed by atoms with Gasteiger partial charge < -0.3 is 15.4 Å². The van der Waals surface area contributed by atoms with Gasteiger partial charge in [-0.2, -0.15) is 0 Å². The van der Waals surface area contributed by atoms with E-state index in [4.69, 9.17) is 4.74 Å². The van der Waals surface area contributed by atoms with E-state index in [1.54, 1.807) is 19.2 Å². The number of hydrogen-bond donors (Lipinski definition) is 2. The molecule has 1 unspecified atom stereocenters. The molecule has 2 N–H and O–H groups in total. The Morgan fingerprint density at radius 1 is 1.58 bits per heavy atom. The second-order valence-corrected chi connectivity index (χ2v) is 4.08. The van der Waals surface area contributed by atoms with Gasteiger partial charge in [0.1, 0.15) is 0 Å². The molecule has 5 heteroatoms. The minimum Gasteiger partial charge on any atom is -0.481 e. The van der Waals surface area contributed by atoms with Crippen molar-refractivity contribution >= 4 is 5.91 Å². The second-order valence-electron chi connectivity index (χ2n) is 4.08. The standard InChI is InChI=1S/C14H19FN2O2/c1-4-7-17-14(18)9-19-13-6-5-11(8-12(13)15)10(2)16-3/h4-6,8,10,16H,1,7,9H2,2-3H3,(H,17,18). The molecule has 19 heavy (non-hydrogen) atoms. The molecule has 1 rings (SSSR count). The van der Waals surface area contributed by atoms with Crippen molar-refractivity contribution in [2.75, 3.05) is 20.2 Å². The Morgan fingerprint density at radius 3 is 2.89 bits per heavy atom. The van der Waals surface area contributed by atoms with Gasteiger partial charge in [-0.25, -0.2) is 4.39 Å². The number of carbonyl (C=O) groups excluding carboxylic acids is 1. The van der Waals surface area contributed by atoms with Crippen molar-refractivity contribution in [3.05, 3.63) is 42.2 Å². The van der Waals surface area contributed by atoms with Crippen LogP contribution in [0, 0.1) is 5.82 Å². The SMILES string of the molecule is C=CCNC(=O)COc1ccc(C(C)NC)cc1F. The lowest BCUT2D eigenvalue weighted by molar-refractivity contribution is -0.122. The van der Waals surface area contributed by atoms with Gasteiger partial charge in [0, 0.05) is 12.6 Å². The summed E-state index contributed by atoms with van der Waals surface area (Å²) in [5, 5.41) is 5.57. The van der Waals surface area contributed by atoms with E-state index < -0.39 is 5.82 Å². The summed E-state index contributed by atoms with van der Waals surface area (Å²) in [7, 11) is 1.80. The second kappa shape index (κ2) is 7.53. The fourth-order valence-electron chi connectivity index (χ4n) is 1.45. The molecular formula is C14H19FN2O2. The van der Waals surface area contributed by atoms with Crippen LogP contribution in [-0.4, -0.2) is 26.1 Å². The Hall–Kier alpha value is -1.88. The van der Waals surface area contributed by atoms with Gasteiger partial charge in [-0.1, -0.05) is 12.1 Å². The molecule has 0 saturated carbocycles. The minimum absolute atomic E-state index is 0.0550. The highest BCUT2D eigenvalue weighted by Gasteiger charge is 2.10. The fraction of sp³-hybridized carbons (Fsp3) is 0.357. The monoisotopic (exact) mass is 266 g/mol. The lowest BCUT2D eigenvalue weighted by Gasteiger charge is -2.12. The summed E-state index contributed by atoms with van der Waals surface area (Å²) < 4.78 is 18.9. The van der Waals surface area contributed by atoms with Crippen LogP contribution in [-0.2, 0) is 4.79 Å². The largest absolute Gasteiger partial charge is 0.481 e. The number of halogens is 1. The first-order chi connectivity index (χ1) is 9.08. The maximum atomic E-state index is 13.7. The van der Waals surface area contributed by atoms with E-state index in [9.17, 15) is 9.18 Å². The first-order valence-electron chi connectivity index (χ1n) is 6.05. The van der Waals surface area contributed by atoms with Crippen LogP contribution < -0.4 is 15.4 Å². The Labute approximate surface area is 112 Å². The molecular weight excluding hydrogens is 247 g/mol. The average molecular weight is 266 g/mol. The van der Waals surface area contributed by atoms with Crippen molar-refractivity contribution in [3.8, 4) is 5.75 Å². The van der Waals surface area contributed by atoms with Gasteiger partial charge in [0.05, 0.1) is 0 Å². The van der Waals surface area contributed by atoms with Crippen LogP contribution >= 0.6 is 0 Å². The quantitative estimate of drug-likeness (QED) is 0.740. The molecule has 0 aliphatic heterocycles. The number of carbonyl (C=O) groups is 1. The van der Waals surface area contributed by atoms with Crippen molar-refractivity contribution in [1.29, 1.82) is 0 Å². The lowest BCUT2D eigenvalue weighted by Crippen LogP contribution is -2.28. The number of ether oxygens (including phenoxy) is 1. The predicted octanol–water partition coefficient (Wildman–Crippen LogP) is 1.79. The van der Waals surface area contributed by atoms with E-state index in [0.29, 0.717) is 6.54 Å². The molecule has 1 aromatic rings. The highest BCUT2D eigenvalue weighted by molar-refractivity contribution is 5.77. The third kappa shape index (κ3) is 4.71. The van der Waals surface area contributed by atoms with Crippen molar-refractivity contribution < 1.29 is 13.9 Å². The average Bonchev–Trinajstić information content (AvgIpc) is 2.42. The third-order valence-corrected chi connectivity index (χ3v) is 2.69. The van der Waals surface area contributed by atoms with E-state index in [1.165, 1.54) is 12.1 Å². The van der Waals surface area contributed by atoms with Gasteiger partial charge in [-0.05, 0) is 31.7 Å². The van der Waals surface area contributed by atoms with Gasteiger partial charge in [0.25, 0.3) is 5.91 Å². The van der Waals surface area contributed by atoms with Crippen LogP contribution in [0.5, 0.6) is 5.75 Å². The van der Waals surface area contributed by atoms with E-state index in [0.717, 1.165) is 5.56 Å². The molecule has 0 aliphatic rings. The molecule has 0 heterocycles. The van der Waals surface area contributed by atoms with Gasteiger partial charge in [-0.3, -0.25) is 4.79 Å². The van der Waals surface area contributed by atoms with Crippen molar-refractivity contribution in [1.82, 2.24) is 10.6 Å². The molecule has 0 saturated heterocycles. The highest BCUT2D eigenvalue weighted by Crippen LogP contribution is 2.21. The molecule has 1 atom stereocenters. The zero-order chi connectivity index (χ0) is 14.3. The van der Waals surface area contributed by atoms with Crippen molar-refractivity contribution in [2.24, 2.45) is 0 Å². The first-order valence-corrected chi connectivity index (χ1v) is 6.05. The van der Waals surface area contributed by atoms with Crippen LogP contribution in [0.1, 0.15) is 18.5 Å². The molecule has 0 aromatic heterocycles. The summed E-state index contributed by atoms with van der Waals surface area (Å²) in [5.41, 5.74) is 0.823.